The van der Waals surface area contributed by atoms with Crippen LogP contribution in [0.1, 0.15) is 11.1 Å². The quantitative estimate of drug-likeness (QED) is 0.885. The summed E-state index contributed by atoms with van der Waals surface area (Å²) in [4.78, 5) is 4.27. The minimum absolute atomic E-state index is 0.654. The van der Waals surface area contributed by atoms with Crippen molar-refractivity contribution >= 4 is 33.1 Å². The molecule has 0 fully saturated rings. The number of hydrogen-bond acceptors (Lipinski definition) is 3. The molecule has 4 heteroatoms. The smallest absolute Gasteiger partial charge is 0.153 e. The monoisotopic (exact) mass is 291 g/mol. The van der Waals surface area contributed by atoms with Gasteiger partial charge in [-0.05, 0) is 43.2 Å². The van der Waals surface area contributed by atoms with Gasteiger partial charge in [-0.2, -0.15) is 0 Å². The first-order valence-electron chi connectivity index (χ1n) is 5.31. The number of halogens is 1. The minimum atomic E-state index is 0.654. The van der Waals surface area contributed by atoms with E-state index in [1.54, 1.807) is 6.20 Å². The summed E-state index contributed by atoms with van der Waals surface area (Å²) in [6.07, 6.45) is 1.79. The van der Waals surface area contributed by atoms with Crippen LogP contribution in [-0.4, -0.2) is 4.98 Å². The molecule has 0 aliphatic carbocycles. The van der Waals surface area contributed by atoms with Crippen LogP contribution in [0.2, 0.25) is 0 Å². The lowest BCUT2D eigenvalue weighted by Gasteiger charge is -2.09. The third-order valence-corrected chi connectivity index (χ3v) is 3.34. The van der Waals surface area contributed by atoms with Gasteiger partial charge in [0.25, 0.3) is 0 Å². The van der Waals surface area contributed by atoms with Crippen LogP contribution < -0.4 is 11.1 Å². The fraction of sp³-hybridized carbons (Fsp3) is 0.154. The van der Waals surface area contributed by atoms with Crippen molar-refractivity contribution in [2.45, 2.75) is 13.8 Å². The molecular formula is C13H14BrN3. The number of hydrogen-bond donors (Lipinski definition) is 2. The predicted octanol–water partition coefficient (Wildman–Crippen LogP) is 3.79. The first kappa shape index (κ1) is 11.9. The Balaban J connectivity index is 2.28. The number of anilines is 3. The van der Waals surface area contributed by atoms with Crippen molar-refractivity contribution in [1.82, 2.24) is 4.98 Å². The first-order chi connectivity index (χ1) is 8.06. The highest BCUT2D eigenvalue weighted by Gasteiger charge is 2.03. The number of benzene rings is 1. The second-order valence-electron chi connectivity index (χ2n) is 4.04. The van der Waals surface area contributed by atoms with E-state index < -0.39 is 0 Å². The number of nitrogen functional groups attached to an aromatic ring is 1. The van der Waals surface area contributed by atoms with E-state index in [0.717, 1.165) is 15.7 Å². The molecule has 0 saturated carbocycles. The summed E-state index contributed by atoms with van der Waals surface area (Å²) in [5.41, 5.74) is 9.77. The van der Waals surface area contributed by atoms with Crippen LogP contribution >= 0.6 is 15.9 Å². The minimum Gasteiger partial charge on any atom is -0.396 e. The number of rotatable bonds is 2. The van der Waals surface area contributed by atoms with E-state index in [-0.39, 0.29) is 0 Å². The molecule has 0 aliphatic heterocycles. The number of aryl methyl sites for hydroxylation is 2. The predicted molar refractivity (Wildman–Crippen MR) is 75.5 cm³/mol. The molecule has 17 heavy (non-hydrogen) atoms. The number of pyridine rings is 1. The molecule has 0 spiro atoms. The van der Waals surface area contributed by atoms with Gasteiger partial charge in [0, 0.05) is 16.4 Å². The van der Waals surface area contributed by atoms with Gasteiger partial charge in [-0.25, -0.2) is 4.98 Å². The van der Waals surface area contributed by atoms with Crippen molar-refractivity contribution in [3.63, 3.8) is 0 Å². The fourth-order valence-corrected chi connectivity index (χ4v) is 1.88. The van der Waals surface area contributed by atoms with Gasteiger partial charge in [-0.1, -0.05) is 22.0 Å². The molecular weight excluding hydrogens is 278 g/mol. The van der Waals surface area contributed by atoms with Gasteiger partial charge >= 0.3 is 0 Å². The molecule has 0 aliphatic rings. The molecule has 1 aromatic carbocycles. The number of aromatic nitrogens is 1. The van der Waals surface area contributed by atoms with E-state index >= 15 is 0 Å². The van der Waals surface area contributed by atoms with Gasteiger partial charge in [0.1, 0.15) is 0 Å². The highest BCUT2D eigenvalue weighted by Crippen LogP contribution is 2.25. The Hall–Kier alpha value is -1.55. The van der Waals surface area contributed by atoms with Gasteiger partial charge in [0.2, 0.25) is 0 Å². The summed E-state index contributed by atoms with van der Waals surface area (Å²) in [6.45, 7) is 4.02. The van der Waals surface area contributed by atoms with Crippen molar-refractivity contribution < 1.29 is 0 Å². The molecule has 0 unspecified atom stereocenters. The van der Waals surface area contributed by atoms with E-state index in [2.05, 4.69) is 26.2 Å². The normalized spacial score (nSPS) is 10.3. The van der Waals surface area contributed by atoms with Crippen LogP contribution in [-0.2, 0) is 0 Å². The molecule has 1 heterocycles. The summed E-state index contributed by atoms with van der Waals surface area (Å²) < 4.78 is 1.06. The van der Waals surface area contributed by atoms with E-state index in [1.807, 2.05) is 38.1 Å². The molecule has 0 saturated heterocycles. The summed E-state index contributed by atoms with van der Waals surface area (Å²) >= 11 is 3.50. The standard InChI is InChI=1S/C13H14BrN3/c1-8-5-12(15)13(16-7-8)17-10-4-3-9(2)11(14)6-10/h3-7H,15H2,1-2H3,(H,16,17). The van der Waals surface area contributed by atoms with Crippen LogP contribution in [0.4, 0.5) is 17.2 Å². The number of nitrogens with one attached hydrogen (secondary N) is 1. The van der Waals surface area contributed by atoms with Crippen molar-refractivity contribution in [1.29, 1.82) is 0 Å². The first-order valence-corrected chi connectivity index (χ1v) is 6.11. The average Bonchev–Trinajstić information content (AvgIpc) is 2.27. The molecule has 2 aromatic rings. The van der Waals surface area contributed by atoms with Crippen molar-refractivity contribution in [3.8, 4) is 0 Å². The zero-order valence-electron chi connectivity index (χ0n) is 9.79. The second-order valence-corrected chi connectivity index (χ2v) is 4.89. The van der Waals surface area contributed by atoms with E-state index in [4.69, 9.17) is 5.73 Å². The van der Waals surface area contributed by atoms with Crippen molar-refractivity contribution in [2.75, 3.05) is 11.1 Å². The number of nitrogens with zero attached hydrogens (tertiary/aromatic N) is 1. The highest BCUT2D eigenvalue weighted by molar-refractivity contribution is 9.10. The lowest BCUT2D eigenvalue weighted by molar-refractivity contribution is 1.26. The molecule has 3 N–H and O–H groups in total. The summed E-state index contributed by atoms with van der Waals surface area (Å²) in [6, 6.07) is 7.95. The zero-order valence-corrected chi connectivity index (χ0v) is 11.4. The van der Waals surface area contributed by atoms with Gasteiger partial charge in [-0.15, -0.1) is 0 Å². The maximum atomic E-state index is 5.90. The van der Waals surface area contributed by atoms with Crippen LogP contribution in [0.25, 0.3) is 0 Å². The van der Waals surface area contributed by atoms with Crippen LogP contribution in [0.15, 0.2) is 34.9 Å². The van der Waals surface area contributed by atoms with Crippen molar-refractivity contribution in [3.05, 3.63) is 46.1 Å². The van der Waals surface area contributed by atoms with E-state index in [0.29, 0.717) is 11.5 Å². The molecule has 3 nitrogen and oxygen atoms in total. The topological polar surface area (TPSA) is 50.9 Å². The van der Waals surface area contributed by atoms with E-state index in [1.165, 1.54) is 5.56 Å². The second kappa shape index (κ2) is 4.75. The third kappa shape index (κ3) is 2.77. The Morgan fingerprint density at radius 3 is 2.65 bits per heavy atom. The molecule has 0 atom stereocenters. The largest absolute Gasteiger partial charge is 0.396 e. The summed E-state index contributed by atoms with van der Waals surface area (Å²) in [5.74, 6) is 0.686. The van der Waals surface area contributed by atoms with Crippen LogP contribution in [0, 0.1) is 13.8 Å². The van der Waals surface area contributed by atoms with Gasteiger partial charge in [0.15, 0.2) is 5.82 Å². The molecule has 0 bridgehead atoms. The SMILES string of the molecule is Cc1cnc(Nc2ccc(C)c(Br)c2)c(N)c1. The Morgan fingerprint density at radius 1 is 1.24 bits per heavy atom. The summed E-state index contributed by atoms with van der Waals surface area (Å²) in [5, 5.41) is 3.20. The van der Waals surface area contributed by atoms with Crippen LogP contribution in [0.5, 0.6) is 0 Å². The Bertz CT molecular complexity index is 552. The molecule has 0 amide bonds. The zero-order chi connectivity index (χ0) is 12.4. The molecule has 2 rings (SSSR count). The maximum Gasteiger partial charge on any atom is 0.153 e. The number of nitrogens with two attached hydrogens (primary N) is 1. The van der Waals surface area contributed by atoms with Gasteiger partial charge in [-0.3, -0.25) is 0 Å². The Labute approximate surface area is 109 Å². The summed E-state index contributed by atoms with van der Waals surface area (Å²) in [7, 11) is 0. The van der Waals surface area contributed by atoms with E-state index in [9.17, 15) is 0 Å². The lowest BCUT2D eigenvalue weighted by Crippen LogP contribution is -1.99. The lowest BCUT2D eigenvalue weighted by atomic mass is 10.2. The molecule has 1 aromatic heterocycles. The Kier molecular flexibility index (Phi) is 3.33. The third-order valence-electron chi connectivity index (χ3n) is 2.49. The van der Waals surface area contributed by atoms with Crippen LogP contribution in [0.3, 0.4) is 0 Å². The Morgan fingerprint density at radius 2 is 2.00 bits per heavy atom. The molecule has 0 radical (unpaired) electrons. The fourth-order valence-electron chi connectivity index (χ4n) is 1.50. The van der Waals surface area contributed by atoms with Gasteiger partial charge < -0.3 is 11.1 Å². The average molecular weight is 292 g/mol. The highest BCUT2D eigenvalue weighted by atomic mass is 79.9. The maximum absolute atomic E-state index is 5.90. The van der Waals surface area contributed by atoms with Gasteiger partial charge in [0.05, 0.1) is 5.69 Å². The molecule has 88 valence electrons. The van der Waals surface area contributed by atoms with Crippen molar-refractivity contribution in [2.24, 2.45) is 0 Å².